The number of aromatic nitrogens is 2. The van der Waals surface area contributed by atoms with Crippen LogP contribution in [0.4, 0.5) is 0 Å². The van der Waals surface area contributed by atoms with E-state index in [1.54, 1.807) is 12.3 Å². The van der Waals surface area contributed by atoms with Crippen LogP contribution in [-0.4, -0.2) is 35.1 Å². The van der Waals surface area contributed by atoms with Gasteiger partial charge in [-0.25, -0.2) is 4.98 Å². The summed E-state index contributed by atoms with van der Waals surface area (Å²) in [6.45, 7) is 1.31. The predicted octanol–water partition coefficient (Wildman–Crippen LogP) is 2.02. The molecule has 19 heavy (non-hydrogen) atoms. The van der Waals surface area contributed by atoms with Gasteiger partial charge in [-0.2, -0.15) is 4.98 Å². The molecule has 1 aromatic rings. The Morgan fingerprint density at radius 3 is 3.00 bits per heavy atom. The van der Waals surface area contributed by atoms with Gasteiger partial charge in [0.2, 0.25) is 5.78 Å². The molecule has 2 aliphatic rings. The van der Waals surface area contributed by atoms with E-state index in [-0.39, 0.29) is 11.9 Å². The highest BCUT2D eigenvalue weighted by molar-refractivity contribution is 5.97. The maximum atomic E-state index is 12.2. The summed E-state index contributed by atoms with van der Waals surface area (Å²) in [5.41, 5.74) is 0.396. The van der Waals surface area contributed by atoms with Gasteiger partial charge in [0.15, 0.2) is 0 Å². The Morgan fingerprint density at radius 2 is 2.26 bits per heavy atom. The molecule has 1 saturated carbocycles. The van der Waals surface area contributed by atoms with Crippen molar-refractivity contribution in [2.45, 2.75) is 38.2 Å². The molecule has 0 aromatic carbocycles. The first-order valence-corrected chi connectivity index (χ1v) is 6.94. The van der Waals surface area contributed by atoms with Crippen LogP contribution in [0.3, 0.4) is 0 Å². The maximum absolute atomic E-state index is 12.2. The average Bonchev–Trinajstić information content (AvgIpc) is 3.30. The first kappa shape index (κ1) is 12.5. The lowest BCUT2D eigenvalue weighted by Crippen LogP contribution is -2.29. The predicted molar refractivity (Wildman–Crippen MR) is 68.2 cm³/mol. The highest BCUT2D eigenvalue weighted by Gasteiger charge is 2.25. The molecule has 1 aliphatic heterocycles. The molecule has 0 bridgehead atoms. The van der Waals surface area contributed by atoms with E-state index >= 15 is 0 Å². The topological polar surface area (TPSA) is 61.3 Å². The lowest BCUT2D eigenvalue weighted by molar-refractivity contribution is 0.0182. The highest BCUT2D eigenvalue weighted by atomic mass is 16.5. The van der Waals surface area contributed by atoms with Gasteiger partial charge in [-0.15, -0.1) is 0 Å². The molecular formula is C14H18N2O3. The minimum atomic E-state index is -0.347. The fourth-order valence-corrected chi connectivity index (χ4v) is 2.14. The molecule has 1 aliphatic carbocycles. The maximum Gasteiger partial charge on any atom is 0.317 e. The van der Waals surface area contributed by atoms with Crippen molar-refractivity contribution in [3.05, 3.63) is 18.0 Å². The quantitative estimate of drug-likeness (QED) is 0.760. The second-order valence-corrected chi connectivity index (χ2v) is 5.20. The lowest BCUT2D eigenvalue weighted by atomic mass is 10.0. The van der Waals surface area contributed by atoms with Gasteiger partial charge in [-0.1, -0.05) is 0 Å². The van der Waals surface area contributed by atoms with Gasteiger partial charge >= 0.3 is 6.01 Å². The van der Waals surface area contributed by atoms with E-state index in [1.165, 1.54) is 12.8 Å². The van der Waals surface area contributed by atoms with Gasteiger partial charge in [-0.05, 0) is 44.1 Å². The monoisotopic (exact) mass is 262 g/mol. The Labute approximate surface area is 112 Å². The van der Waals surface area contributed by atoms with Crippen molar-refractivity contribution in [3.8, 4) is 6.01 Å². The zero-order valence-corrected chi connectivity index (χ0v) is 10.9. The molecule has 2 heterocycles. The first-order valence-electron chi connectivity index (χ1n) is 6.94. The minimum absolute atomic E-state index is 0.0571. The smallest absolute Gasteiger partial charge is 0.317 e. The molecule has 0 amide bonds. The number of carbonyl (C=O) groups excluding carboxylic acids is 1. The van der Waals surface area contributed by atoms with Crippen LogP contribution in [0.25, 0.3) is 0 Å². The van der Waals surface area contributed by atoms with Crippen LogP contribution in [0, 0.1) is 5.92 Å². The summed E-state index contributed by atoms with van der Waals surface area (Å²) in [5, 5.41) is 0. The van der Waals surface area contributed by atoms with E-state index in [1.807, 2.05) is 0 Å². The number of hydrogen-bond acceptors (Lipinski definition) is 5. The molecule has 1 unspecified atom stereocenters. The molecule has 3 rings (SSSR count). The van der Waals surface area contributed by atoms with Crippen LogP contribution >= 0.6 is 0 Å². The van der Waals surface area contributed by atoms with E-state index in [0.717, 1.165) is 19.3 Å². The molecule has 0 spiro atoms. The van der Waals surface area contributed by atoms with Crippen molar-refractivity contribution in [2.75, 3.05) is 13.2 Å². The van der Waals surface area contributed by atoms with Crippen molar-refractivity contribution < 1.29 is 14.3 Å². The summed E-state index contributed by atoms with van der Waals surface area (Å²) in [5.74, 6) is 0.586. The molecule has 5 nitrogen and oxygen atoms in total. The Kier molecular flexibility index (Phi) is 3.73. The summed E-state index contributed by atoms with van der Waals surface area (Å²) in [4.78, 5) is 20.5. The second kappa shape index (κ2) is 5.65. The van der Waals surface area contributed by atoms with Crippen LogP contribution in [0.1, 0.15) is 42.6 Å². The molecule has 1 saturated heterocycles. The number of hydrogen-bond donors (Lipinski definition) is 0. The lowest BCUT2D eigenvalue weighted by Gasteiger charge is -2.20. The normalized spacial score (nSPS) is 23.1. The van der Waals surface area contributed by atoms with Crippen LogP contribution in [0.5, 0.6) is 6.01 Å². The number of ether oxygens (including phenoxy) is 2. The second-order valence-electron chi connectivity index (χ2n) is 5.20. The molecule has 0 N–H and O–H groups in total. The van der Waals surface area contributed by atoms with Gasteiger partial charge < -0.3 is 9.47 Å². The summed E-state index contributed by atoms with van der Waals surface area (Å²) < 4.78 is 11.0. The third kappa shape index (κ3) is 3.29. The Bertz CT molecular complexity index is 454. The van der Waals surface area contributed by atoms with Crippen molar-refractivity contribution in [1.82, 2.24) is 9.97 Å². The minimum Gasteiger partial charge on any atom is -0.463 e. The third-order valence-corrected chi connectivity index (χ3v) is 3.50. The fourth-order valence-electron chi connectivity index (χ4n) is 2.14. The number of carbonyl (C=O) groups is 1. The molecular weight excluding hydrogens is 244 g/mol. The van der Waals surface area contributed by atoms with Crippen LogP contribution in [0.2, 0.25) is 0 Å². The zero-order chi connectivity index (χ0) is 13.1. The zero-order valence-electron chi connectivity index (χ0n) is 10.9. The third-order valence-electron chi connectivity index (χ3n) is 3.50. The standard InChI is InChI=1S/C14H18N2O3/c17-13(12-3-1-2-8-18-12)11-6-7-15-14(16-11)19-9-10-4-5-10/h6-7,10,12H,1-5,8-9H2. The van der Waals surface area contributed by atoms with Gasteiger partial charge in [0.1, 0.15) is 11.8 Å². The van der Waals surface area contributed by atoms with Gasteiger partial charge in [0.05, 0.1) is 6.61 Å². The number of rotatable bonds is 5. The SMILES string of the molecule is O=C(c1ccnc(OCC2CC2)n1)C1CCCCO1. The molecule has 2 fully saturated rings. The van der Waals surface area contributed by atoms with Crippen molar-refractivity contribution in [1.29, 1.82) is 0 Å². The summed E-state index contributed by atoms with van der Waals surface area (Å²) in [6, 6.07) is 1.93. The number of nitrogens with zero attached hydrogens (tertiary/aromatic N) is 2. The van der Waals surface area contributed by atoms with Gasteiger partial charge in [0, 0.05) is 12.8 Å². The van der Waals surface area contributed by atoms with E-state index in [2.05, 4.69) is 9.97 Å². The van der Waals surface area contributed by atoms with Crippen LogP contribution in [0.15, 0.2) is 12.3 Å². The molecule has 0 radical (unpaired) electrons. The Balaban J connectivity index is 1.64. The molecule has 5 heteroatoms. The first-order chi connectivity index (χ1) is 9.33. The largest absolute Gasteiger partial charge is 0.463 e. The van der Waals surface area contributed by atoms with Crippen LogP contribution < -0.4 is 4.74 Å². The van der Waals surface area contributed by atoms with Crippen LogP contribution in [-0.2, 0) is 4.74 Å². The van der Waals surface area contributed by atoms with E-state index in [9.17, 15) is 4.79 Å². The van der Waals surface area contributed by atoms with E-state index in [4.69, 9.17) is 9.47 Å². The van der Waals surface area contributed by atoms with Crippen molar-refractivity contribution in [3.63, 3.8) is 0 Å². The average molecular weight is 262 g/mol. The molecule has 1 aromatic heterocycles. The highest BCUT2D eigenvalue weighted by Crippen LogP contribution is 2.29. The van der Waals surface area contributed by atoms with E-state index in [0.29, 0.717) is 30.8 Å². The van der Waals surface area contributed by atoms with Crippen molar-refractivity contribution in [2.24, 2.45) is 5.92 Å². The Morgan fingerprint density at radius 1 is 1.37 bits per heavy atom. The summed E-state index contributed by atoms with van der Waals surface area (Å²) in [6.07, 6.45) is 6.51. The van der Waals surface area contributed by atoms with Gasteiger partial charge in [-0.3, -0.25) is 4.79 Å². The van der Waals surface area contributed by atoms with Crippen molar-refractivity contribution >= 4 is 5.78 Å². The number of ketones is 1. The molecule has 1 atom stereocenters. The van der Waals surface area contributed by atoms with Gasteiger partial charge in [0.25, 0.3) is 0 Å². The van der Waals surface area contributed by atoms with E-state index < -0.39 is 0 Å². The summed E-state index contributed by atoms with van der Waals surface area (Å²) >= 11 is 0. The summed E-state index contributed by atoms with van der Waals surface area (Å²) in [7, 11) is 0. The number of Topliss-reactive ketones (excluding diaryl/α,β-unsaturated/α-hetero) is 1. The fraction of sp³-hybridized carbons (Fsp3) is 0.643. The molecule has 102 valence electrons. The Hall–Kier alpha value is -1.49.